The molecule has 0 saturated carbocycles. The zero-order chi connectivity index (χ0) is 15.6. The summed E-state index contributed by atoms with van der Waals surface area (Å²) in [7, 11) is 0. The van der Waals surface area contributed by atoms with Crippen molar-refractivity contribution < 1.29 is 14.3 Å². The summed E-state index contributed by atoms with van der Waals surface area (Å²) >= 11 is 0. The number of carbonyl (C=O) groups excluding carboxylic acids is 2. The molecule has 2 amide bonds. The lowest BCUT2D eigenvalue weighted by atomic mass is 9.92. The van der Waals surface area contributed by atoms with Gasteiger partial charge in [-0.3, -0.25) is 9.69 Å². The van der Waals surface area contributed by atoms with Gasteiger partial charge in [-0.2, -0.15) is 0 Å². The maximum absolute atomic E-state index is 11.9. The van der Waals surface area contributed by atoms with Crippen LogP contribution in [0.15, 0.2) is 0 Å². The van der Waals surface area contributed by atoms with E-state index in [0.717, 1.165) is 13.1 Å². The fraction of sp³-hybridized carbons (Fsp3) is 0.857. The van der Waals surface area contributed by atoms with Gasteiger partial charge in [-0.05, 0) is 34.6 Å². The molecule has 1 heterocycles. The molecule has 20 heavy (non-hydrogen) atoms. The third-order valence-corrected chi connectivity index (χ3v) is 3.31. The summed E-state index contributed by atoms with van der Waals surface area (Å²) in [5.41, 5.74) is 4.36. The molecule has 1 aliphatic heterocycles. The number of carbonyl (C=O) groups is 2. The zero-order valence-corrected chi connectivity index (χ0v) is 13.2. The van der Waals surface area contributed by atoms with E-state index >= 15 is 0 Å². The second-order valence-electron chi connectivity index (χ2n) is 6.99. The lowest BCUT2D eigenvalue weighted by Crippen LogP contribution is -2.53. The molecule has 0 aromatic heterocycles. The second kappa shape index (κ2) is 5.99. The van der Waals surface area contributed by atoms with Gasteiger partial charge in [0.1, 0.15) is 5.60 Å². The minimum atomic E-state index is -0.548. The molecule has 116 valence electrons. The normalized spacial score (nSPS) is 17.9. The first-order valence-electron chi connectivity index (χ1n) is 7.01. The Bertz CT molecular complexity index is 366. The van der Waals surface area contributed by atoms with E-state index in [2.05, 4.69) is 4.90 Å². The first-order chi connectivity index (χ1) is 9.01. The molecular weight excluding hydrogens is 258 g/mol. The smallest absolute Gasteiger partial charge is 0.410 e. The van der Waals surface area contributed by atoms with Gasteiger partial charge in [-0.1, -0.05) is 0 Å². The molecular formula is C14H27N3O3. The van der Waals surface area contributed by atoms with E-state index in [1.54, 1.807) is 4.90 Å². The summed E-state index contributed by atoms with van der Waals surface area (Å²) in [4.78, 5) is 27.1. The SMILES string of the molecule is CC(C)(C)OC(=O)N1CCN(CC(C)(C)C(N)=O)CC1. The number of piperazine rings is 1. The van der Waals surface area contributed by atoms with Crippen LogP contribution in [0.1, 0.15) is 34.6 Å². The number of hydrogen-bond donors (Lipinski definition) is 1. The molecule has 0 unspecified atom stereocenters. The first kappa shape index (κ1) is 16.8. The summed E-state index contributed by atoms with van der Waals surface area (Å²) < 4.78 is 5.35. The van der Waals surface area contributed by atoms with Crippen LogP contribution >= 0.6 is 0 Å². The van der Waals surface area contributed by atoms with Crippen molar-refractivity contribution in [1.82, 2.24) is 9.80 Å². The van der Waals surface area contributed by atoms with Gasteiger partial charge < -0.3 is 15.4 Å². The van der Waals surface area contributed by atoms with E-state index in [1.807, 2.05) is 34.6 Å². The molecule has 1 fully saturated rings. The topological polar surface area (TPSA) is 75.9 Å². The van der Waals surface area contributed by atoms with Crippen LogP contribution in [0.4, 0.5) is 4.79 Å². The van der Waals surface area contributed by atoms with Crippen molar-refractivity contribution in [2.75, 3.05) is 32.7 Å². The lowest BCUT2D eigenvalue weighted by molar-refractivity contribution is -0.127. The van der Waals surface area contributed by atoms with E-state index < -0.39 is 11.0 Å². The van der Waals surface area contributed by atoms with E-state index in [0.29, 0.717) is 19.6 Å². The van der Waals surface area contributed by atoms with Crippen LogP contribution in [0, 0.1) is 5.41 Å². The zero-order valence-electron chi connectivity index (χ0n) is 13.2. The maximum atomic E-state index is 11.9. The fourth-order valence-corrected chi connectivity index (χ4v) is 2.05. The quantitative estimate of drug-likeness (QED) is 0.841. The van der Waals surface area contributed by atoms with Crippen molar-refractivity contribution in [2.45, 2.75) is 40.2 Å². The van der Waals surface area contributed by atoms with Crippen LogP contribution in [0.2, 0.25) is 0 Å². The van der Waals surface area contributed by atoms with Crippen molar-refractivity contribution in [3.05, 3.63) is 0 Å². The van der Waals surface area contributed by atoms with Gasteiger partial charge in [0.15, 0.2) is 0 Å². The largest absolute Gasteiger partial charge is 0.444 e. The minimum absolute atomic E-state index is 0.272. The summed E-state index contributed by atoms with van der Waals surface area (Å²) in [6.07, 6.45) is -0.272. The van der Waals surface area contributed by atoms with Crippen molar-refractivity contribution in [2.24, 2.45) is 11.1 Å². The average Bonchev–Trinajstić information content (AvgIpc) is 2.26. The highest BCUT2D eigenvalue weighted by Crippen LogP contribution is 2.18. The number of primary amides is 1. The van der Waals surface area contributed by atoms with E-state index in [1.165, 1.54) is 0 Å². The Balaban J connectivity index is 2.44. The highest BCUT2D eigenvalue weighted by atomic mass is 16.6. The number of nitrogens with zero attached hydrogens (tertiary/aromatic N) is 2. The van der Waals surface area contributed by atoms with Crippen molar-refractivity contribution in [3.63, 3.8) is 0 Å². The Labute approximate surface area is 121 Å². The van der Waals surface area contributed by atoms with E-state index in [-0.39, 0.29) is 12.0 Å². The number of nitrogens with two attached hydrogens (primary N) is 1. The Morgan fingerprint density at radius 3 is 1.95 bits per heavy atom. The minimum Gasteiger partial charge on any atom is -0.444 e. The van der Waals surface area contributed by atoms with Gasteiger partial charge in [0, 0.05) is 32.7 Å². The van der Waals surface area contributed by atoms with Crippen LogP contribution < -0.4 is 5.73 Å². The van der Waals surface area contributed by atoms with Crippen molar-refractivity contribution in [1.29, 1.82) is 0 Å². The van der Waals surface area contributed by atoms with Gasteiger partial charge >= 0.3 is 6.09 Å². The number of rotatable bonds is 3. The van der Waals surface area contributed by atoms with Crippen LogP contribution in [-0.4, -0.2) is 60.1 Å². The molecule has 0 atom stereocenters. The molecule has 0 aromatic carbocycles. The number of ether oxygens (including phenoxy) is 1. The van der Waals surface area contributed by atoms with Crippen molar-refractivity contribution in [3.8, 4) is 0 Å². The van der Waals surface area contributed by atoms with Gasteiger partial charge in [-0.25, -0.2) is 4.79 Å². The third kappa shape index (κ3) is 5.00. The summed E-state index contributed by atoms with van der Waals surface area (Å²) in [5, 5.41) is 0. The first-order valence-corrected chi connectivity index (χ1v) is 7.01. The highest BCUT2D eigenvalue weighted by Gasteiger charge is 2.31. The molecule has 1 saturated heterocycles. The Kier molecular flexibility index (Phi) is 5.02. The van der Waals surface area contributed by atoms with Crippen LogP contribution in [0.3, 0.4) is 0 Å². The highest BCUT2D eigenvalue weighted by molar-refractivity contribution is 5.80. The maximum Gasteiger partial charge on any atom is 0.410 e. The Morgan fingerprint density at radius 1 is 1.05 bits per heavy atom. The Hall–Kier alpha value is -1.30. The van der Waals surface area contributed by atoms with Crippen molar-refractivity contribution >= 4 is 12.0 Å². The van der Waals surface area contributed by atoms with Gasteiger partial charge in [0.25, 0.3) is 0 Å². The Morgan fingerprint density at radius 2 is 1.55 bits per heavy atom. The molecule has 0 aliphatic carbocycles. The standard InChI is InChI=1S/C14H27N3O3/c1-13(2,3)20-12(19)17-8-6-16(7-9-17)10-14(4,5)11(15)18/h6-10H2,1-5H3,(H2,15,18). The third-order valence-electron chi connectivity index (χ3n) is 3.31. The number of amides is 2. The predicted molar refractivity (Wildman–Crippen MR) is 77.2 cm³/mol. The average molecular weight is 285 g/mol. The predicted octanol–water partition coefficient (Wildman–Crippen LogP) is 1.05. The molecule has 0 aromatic rings. The molecule has 0 radical (unpaired) electrons. The second-order valence-corrected chi connectivity index (χ2v) is 6.99. The fourth-order valence-electron chi connectivity index (χ4n) is 2.05. The lowest BCUT2D eigenvalue weighted by Gasteiger charge is -2.38. The summed E-state index contributed by atoms with van der Waals surface area (Å²) in [6.45, 7) is 12.6. The molecule has 6 heteroatoms. The van der Waals surface area contributed by atoms with Gasteiger partial charge in [0.2, 0.25) is 5.91 Å². The summed E-state index contributed by atoms with van der Waals surface area (Å²) in [6, 6.07) is 0. The molecule has 6 nitrogen and oxygen atoms in total. The van der Waals surface area contributed by atoms with E-state index in [4.69, 9.17) is 10.5 Å². The van der Waals surface area contributed by atoms with Gasteiger partial charge in [0.05, 0.1) is 5.41 Å². The summed E-state index contributed by atoms with van der Waals surface area (Å²) in [5.74, 6) is -0.299. The molecule has 1 rings (SSSR count). The van der Waals surface area contributed by atoms with E-state index in [9.17, 15) is 9.59 Å². The monoisotopic (exact) mass is 285 g/mol. The van der Waals surface area contributed by atoms with Crippen LogP contribution in [0.5, 0.6) is 0 Å². The molecule has 2 N–H and O–H groups in total. The molecule has 1 aliphatic rings. The van der Waals surface area contributed by atoms with Crippen LogP contribution in [0.25, 0.3) is 0 Å². The molecule has 0 spiro atoms. The molecule has 0 bridgehead atoms. The number of hydrogen-bond acceptors (Lipinski definition) is 4. The van der Waals surface area contributed by atoms with Crippen LogP contribution in [-0.2, 0) is 9.53 Å². The van der Waals surface area contributed by atoms with Gasteiger partial charge in [-0.15, -0.1) is 0 Å².